The van der Waals surface area contributed by atoms with Crippen LogP contribution in [-0.4, -0.2) is 46.4 Å². The molecule has 3 rings (SSSR count). The Morgan fingerprint density at radius 1 is 1.50 bits per heavy atom. The number of likely N-dealkylation sites (tertiary alicyclic amines) is 1. The van der Waals surface area contributed by atoms with Crippen molar-refractivity contribution in [1.29, 1.82) is 0 Å². The number of rotatable bonds is 6. The Morgan fingerprint density at radius 3 is 3.20 bits per heavy atom. The third kappa shape index (κ3) is 3.26. The van der Waals surface area contributed by atoms with Crippen molar-refractivity contribution in [2.45, 2.75) is 19.3 Å². The number of thiophene rings is 1. The summed E-state index contributed by atoms with van der Waals surface area (Å²) in [5, 5.41) is 15.1. The first-order valence-electron chi connectivity index (χ1n) is 7.05. The van der Waals surface area contributed by atoms with Gasteiger partial charge in [-0.2, -0.15) is 4.98 Å². The van der Waals surface area contributed by atoms with E-state index in [-0.39, 0.29) is 0 Å². The van der Waals surface area contributed by atoms with E-state index in [0.29, 0.717) is 24.2 Å². The number of aromatic nitrogens is 2. The highest BCUT2D eigenvalue weighted by Gasteiger charge is 2.21. The standard InChI is InChI=1S/C14H19N3O2S/c18-10-11-5-7-17(9-11)6-1-4-13-15-14(16-19-13)12-3-2-8-20-12/h2-3,8,11,18H,1,4-7,9-10H2. The fraction of sp³-hybridized carbons (Fsp3) is 0.571. The quantitative estimate of drug-likeness (QED) is 0.883. The van der Waals surface area contributed by atoms with Gasteiger partial charge in [0.15, 0.2) is 0 Å². The number of aliphatic hydroxyl groups is 1. The molecule has 5 nitrogen and oxygen atoms in total. The summed E-state index contributed by atoms with van der Waals surface area (Å²) in [4.78, 5) is 7.87. The zero-order valence-corrected chi connectivity index (χ0v) is 12.2. The van der Waals surface area contributed by atoms with E-state index in [2.05, 4.69) is 15.0 Å². The molecule has 2 aromatic rings. The SMILES string of the molecule is OCC1CCN(CCCc2nc(-c3cccs3)no2)C1. The first-order valence-corrected chi connectivity index (χ1v) is 7.93. The lowest BCUT2D eigenvalue weighted by atomic mass is 10.1. The molecule has 1 atom stereocenters. The maximum Gasteiger partial charge on any atom is 0.227 e. The van der Waals surface area contributed by atoms with E-state index in [1.54, 1.807) is 11.3 Å². The highest BCUT2D eigenvalue weighted by molar-refractivity contribution is 7.13. The molecule has 1 saturated heterocycles. The lowest BCUT2D eigenvalue weighted by Gasteiger charge is -2.14. The minimum atomic E-state index is 0.310. The van der Waals surface area contributed by atoms with Crippen molar-refractivity contribution >= 4 is 11.3 Å². The first-order chi connectivity index (χ1) is 9.85. The third-order valence-corrected chi connectivity index (χ3v) is 4.57. The van der Waals surface area contributed by atoms with Gasteiger partial charge in [-0.05, 0) is 43.3 Å². The van der Waals surface area contributed by atoms with E-state index in [4.69, 9.17) is 9.63 Å². The fourth-order valence-electron chi connectivity index (χ4n) is 2.58. The summed E-state index contributed by atoms with van der Waals surface area (Å²) in [7, 11) is 0. The Bertz CT molecular complexity index is 526. The van der Waals surface area contributed by atoms with Crippen molar-refractivity contribution in [2.75, 3.05) is 26.2 Å². The third-order valence-electron chi connectivity index (χ3n) is 3.70. The Labute approximate surface area is 122 Å². The van der Waals surface area contributed by atoms with Crippen LogP contribution in [0.25, 0.3) is 10.7 Å². The van der Waals surface area contributed by atoms with E-state index in [0.717, 1.165) is 43.8 Å². The van der Waals surface area contributed by atoms with E-state index in [9.17, 15) is 0 Å². The van der Waals surface area contributed by atoms with Gasteiger partial charge in [0.05, 0.1) is 4.88 Å². The molecule has 1 unspecified atom stereocenters. The molecule has 0 aliphatic carbocycles. The molecule has 0 bridgehead atoms. The summed E-state index contributed by atoms with van der Waals surface area (Å²) in [6.45, 7) is 3.45. The molecule has 1 aliphatic rings. The predicted molar refractivity (Wildman–Crippen MR) is 77.6 cm³/mol. The molecule has 1 N–H and O–H groups in total. The second-order valence-corrected chi connectivity index (χ2v) is 6.18. The van der Waals surface area contributed by atoms with Crippen molar-refractivity contribution in [3.63, 3.8) is 0 Å². The van der Waals surface area contributed by atoms with Gasteiger partial charge in [-0.3, -0.25) is 0 Å². The van der Waals surface area contributed by atoms with E-state index < -0.39 is 0 Å². The smallest absolute Gasteiger partial charge is 0.227 e. The average Bonchev–Trinajstić information content (AvgIpc) is 3.20. The second kappa shape index (κ2) is 6.47. The van der Waals surface area contributed by atoms with Crippen molar-refractivity contribution in [2.24, 2.45) is 5.92 Å². The summed E-state index contributed by atoms with van der Waals surface area (Å²) in [6, 6.07) is 3.99. The van der Waals surface area contributed by atoms with E-state index in [1.165, 1.54) is 0 Å². The lowest BCUT2D eigenvalue weighted by molar-refractivity contribution is 0.220. The molecule has 2 aromatic heterocycles. The number of nitrogens with zero attached hydrogens (tertiary/aromatic N) is 3. The minimum Gasteiger partial charge on any atom is -0.396 e. The van der Waals surface area contributed by atoms with Gasteiger partial charge >= 0.3 is 0 Å². The molecule has 1 aliphatic heterocycles. The molecule has 108 valence electrons. The maximum absolute atomic E-state index is 9.12. The fourth-order valence-corrected chi connectivity index (χ4v) is 3.23. The number of hydrogen-bond donors (Lipinski definition) is 1. The average molecular weight is 293 g/mol. The minimum absolute atomic E-state index is 0.310. The van der Waals surface area contributed by atoms with Gasteiger partial charge in [0.2, 0.25) is 11.7 Å². The highest BCUT2D eigenvalue weighted by Crippen LogP contribution is 2.21. The van der Waals surface area contributed by atoms with Gasteiger partial charge < -0.3 is 14.5 Å². The Morgan fingerprint density at radius 2 is 2.45 bits per heavy atom. The number of hydrogen-bond acceptors (Lipinski definition) is 6. The van der Waals surface area contributed by atoms with Crippen molar-refractivity contribution in [3.05, 3.63) is 23.4 Å². The van der Waals surface area contributed by atoms with Gasteiger partial charge in [-0.15, -0.1) is 11.3 Å². The number of aliphatic hydroxyl groups excluding tert-OH is 1. The summed E-state index contributed by atoms with van der Waals surface area (Å²) >= 11 is 1.62. The van der Waals surface area contributed by atoms with E-state index in [1.807, 2.05) is 17.5 Å². The van der Waals surface area contributed by atoms with Crippen molar-refractivity contribution in [1.82, 2.24) is 15.0 Å². The maximum atomic E-state index is 9.12. The molecule has 0 amide bonds. The second-order valence-electron chi connectivity index (χ2n) is 5.23. The van der Waals surface area contributed by atoms with Crippen LogP contribution >= 0.6 is 11.3 Å². The van der Waals surface area contributed by atoms with Crippen molar-refractivity contribution in [3.8, 4) is 10.7 Å². The molecule has 1 fully saturated rings. The number of aryl methyl sites for hydroxylation is 1. The van der Waals surface area contributed by atoms with E-state index >= 15 is 0 Å². The largest absolute Gasteiger partial charge is 0.396 e. The normalized spacial score (nSPS) is 19.8. The van der Waals surface area contributed by atoms with Crippen LogP contribution in [0.4, 0.5) is 0 Å². The molecular weight excluding hydrogens is 274 g/mol. The zero-order valence-electron chi connectivity index (χ0n) is 11.4. The molecule has 3 heterocycles. The van der Waals surface area contributed by atoms with Crippen LogP contribution in [-0.2, 0) is 6.42 Å². The molecule has 20 heavy (non-hydrogen) atoms. The lowest BCUT2D eigenvalue weighted by Crippen LogP contribution is -2.23. The zero-order chi connectivity index (χ0) is 13.8. The Balaban J connectivity index is 1.45. The van der Waals surface area contributed by atoms with Crippen molar-refractivity contribution < 1.29 is 9.63 Å². The van der Waals surface area contributed by atoms with Crippen LogP contribution in [0.5, 0.6) is 0 Å². The molecule has 0 aromatic carbocycles. The summed E-state index contributed by atoms with van der Waals surface area (Å²) in [5.41, 5.74) is 0. The summed E-state index contributed by atoms with van der Waals surface area (Å²) in [6.07, 6.45) is 2.95. The van der Waals surface area contributed by atoms with Gasteiger partial charge in [0.25, 0.3) is 0 Å². The van der Waals surface area contributed by atoms with Crippen LogP contribution in [0, 0.1) is 5.92 Å². The molecular formula is C14H19N3O2S. The first kappa shape index (κ1) is 13.7. The predicted octanol–water partition coefficient (Wildman–Crippen LogP) is 2.04. The van der Waals surface area contributed by atoms with Gasteiger partial charge in [0.1, 0.15) is 0 Å². The topological polar surface area (TPSA) is 62.4 Å². The summed E-state index contributed by atoms with van der Waals surface area (Å²) in [5.74, 6) is 1.87. The Hall–Kier alpha value is -1.24. The van der Waals surface area contributed by atoms with Gasteiger partial charge in [0, 0.05) is 19.6 Å². The van der Waals surface area contributed by atoms with Crippen LogP contribution in [0.3, 0.4) is 0 Å². The Kier molecular flexibility index (Phi) is 4.44. The van der Waals surface area contributed by atoms with Crippen LogP contribution in [0.15, 0.2) is 22.0 Å². The molecule has 0 saturated carbocycles. The molecule has 0 spiro atoms. The molecule has 6 heteroatoms. The van der Waals surface area contributed by atoms with Crippen LogP contribution in [0.2, 0.25) is 0 Å². The molecule has 0 radical (unpaired) electrons. The summed E-state index contributed by atoms with van der Waals surface area (Å²) < 4.78 is 5.28. The van der Waals surface area contributed by atoms with Gasteiger partial charge in [-0.1, -0.05) is 11.2 Å². The highest BCUT2D eigenvalue weighted by atomic mass is 32.1. The van der Waals surface area contributed by atoms with Gasteiger partial charge in [-0.25, -0.2) is 0 Å². The monoisotopic (exact) mass is 293 g/mol. The van der Waals surface area contributed by atoms with Crippen LogP contribution in [0.1, 0.15) is 18.7 Å². The van der Waals surface area contributed by atoms with Crippen LogP contribution < -0.4 is 0 Å².